The Labute approximate surface area is 196 Å². The molecule has 0 aliphatic rings. The van der Waals surface area contributed by atoms with E-state index in [4.69, 9.17) is 10.1 Å². The van der Waals surface area contributed by atoms with Gasteiger partial charge in [-0.1, -0.05) is 43.7 Å². The van der Waals surface area contributed by atoms with Crippen LogP contribution in [0, 0.1) is 18.3 Å². The number of nitrogens with one attached hydrogen (secondary N) is 3. The summed E-state index contributed by atoms with van der Waals surface area (Å²) in [6.45, 7) is 9.48. The summed E-state index contributed by atoms with van der Waals surface area (Å²) in [5, 5.41) is 11.7. The Balaban J connectivity index is 0.00000172. The minimum Gasteiger partial charge on any atom is -0.464 e. The van der Waals surface area contributed by atoms with Gasteiger partial charge in [-0.25, -0.2) is 4.79 Å². The van der Waals surface area contributed by atoms with Gasteiger partial charge in [-0.3, -0.25) is 9.59 Å². The van der Waals surface area contributed by atoms with Crippen molar-refractivity contribution in [2.75, 3.05) is 11.9 Å². The Kier molecular flexibility index (Phi) is 12.2. The first-order valence-electron chi connectivity index (χ1n) is 11.1. The summed E-state index contributed by atoms with van der Waals surface area (Å²) in [5.74, 6) is -0.613. The highest BCUT2D eigenvalue weighted by Crippen LogP contribution is 2.14. The van der Waals surface area contributed by atoms with Gasteiger partial charge in [0.25, 0.3) is 5.91 Å². The molecule has 0 saturated carbocycles. The lowest BCUT2D eigenvalue weighted by Gasteiger charge is -2.18. The number of carbonyl (C=O) groups excluding carboxylic acids is 3. The van der Waals surface area contributed by atoms with Gasteiger partial charge in [0.05, 0.1) is 6.61 Å². The molecule has 7 nitrogen and oxygen atoms in total. The maximum absolute atomic E-state index is 12.4. The van der Waals surface area contributed by atoms with Crippen molar-refractivity contribution >= 4 is 29.7 Å². The number of anilines is 1. The fourth-order valence-corrected chi connectivity index (χ4v) is 3.01. The largest absolute Gasteiger partial charge is 0.464 e. The summed E-state index contributed by atoms with van der Waals surface area (Å²) in [7, 11) is 0. The zero-order chi connectivity index (χ0) is 24.8. The molecule has 0 aromatic heterocycles. The second kappa shape index (κ2) is 14.6. The molecule has 178 valence electrons. The van der Waals surface area contributed by atoms with E-state index < -0.39 is 12.0 Å². The van der Waals surface area contributed by atoms with Gasteiger partial charge in [0, 0.05) is 24.1 Å². The van der Waals surface area contributed by atoms with Crippen LogP contribution in [-0.2, 0) is 20.7 Å². The minimum absolute atomic E-state index is 0.176. The van der Waals surface area contributed by atoms with Crippen LogP contribution < -0.4 is 10.6 Å². The van der Waals surface area contributed by atoms with Crippen LogP contribution in [0.25, 0.3) is 0 Å². The number of carbonyl (C=O) groups is 3. The van der Waals surface area contributed by atoms with Gasteiger partial charge in [0.1, 0.15) is 6.04 Å². The van der Waals surface area contributed by atoms with Gasteiger partial charge < -0.3 is 20.8 Å². The summed E-state index contributed by atoms with van der Waals surface area (Å²) >= 11 is 0. The normalized spacial score (nSPS) is 11.0. The molecule has 0 aliphatic carbocycles. The molecule has 0 fully saturated rings. The summed E-state index contributed by atoms with van der Waals surface area (Å²) in [4.78, 5) is 36.8. The van der Waals surface area contributed by atoms with Crippen molar-refractivity contribution in [1.29, 1.82) is 5.41 Å². The van der Waals surface area contributed by atoms with Crippen molar-refractivity contribution in [3.63, 3.8) is 0 Å². The van der Waals surface area contributed by atoms with Crippen molar-refractivity contribution in [2.45, 2.75) is 53.5 Å². The molecule has 33 heavy (non-hydrogen) atoms. The fraction of sp³-hybridized carbons (Fsp3) is 0.385. The van der Waals surface area contributed by atoms with Crippen LogP contribution in [0.2, 0.25) is 0 Å². The predicted octanol–water partition coefficient (Wildman–Crippen LogP) is 4.54. The van der Waals surface area contributed by atoms with Crippen molar-refractivity contribution in [3.8, 4) is 0 Å². The number of amides is 2. The van der Waals surface area contributed by atoms with E-state index in [1.807, 2.05) is 51.1 Å². The number of ether oxygens (including phenoxy) is 1. The molecular weight excluding hydrogens is 418 g/mol. The Morgan fingerprint density at radius 2 is 1.73 bits per heavy atom. The minimum atomic E-state index is -0.746. The van der Waals surface area contributed by atoms with E-state index in [1.54, 1.807) is 32.0 Å². The van der Waals surface area contributed by atoms with Crippen molar-refractivity contribution < 1.29 is 19.1 Å². The first kappa shape index (κ1) is 27.6. The van der Waals surface area contributed by atoms with Crippen LogP contribution in [0.15, 0.2) is 48.5 Å². The number of rotatable bonds is 9. The standard InChI is InChI=1S/C24H30N2O4.C2H5N/c1-5-30-24(29)21(26-22(27)13-16(2)3)15-18-9-11-20(12-10-18)25-23(28)19-8-6-7-17(4)14-19;1-2-3/h6-12,14,16,21H,5,13,15H2,1-4H3,(H,25,28)(H,26,27);2-3H,1H3. The van der Waals surface area contributed by atoms with E-state index in [0.29, 0.717) is 24.1 Å². The third-order valence-corrected chi connectivity index (χ3v) is 4.43. The van der Waals surface area contributed by atoms with Crippen LogP contribution >= 0.6 is 0 Å². The fourth-order valence-electron chi connectivity index (χ4n) is 3.01. The molecule has 0 saturated heterocycles. The molecule has 0 aliphatic heterocycles. The zero-order valence-electron chi connectivity index (χ0n) is 20.1. The second-order valence-corrected chi connectivity index (χ2v) is 7.98. The quantitative estimate of drug-likeness (QED) is 0.383. The van der Waals surface area contributed by atoms with Gasteiger partial charge in [0.2, 0.25) is 5.91 Å². The van der Waals surface area contributed by atoms with E-state index in [0.717, 1.165) is 11.1 Å². The number of hydrogen-bond acceptors (Lipinski definition) is 5. The highest BCUT2D eigenvalue weighted by Gasteiger charge is 2.23. The molecule has 0 heterocycles. The van der Waals surface area contributed by atoms with E-state index in [1.165, 1.54) is 6.21 Å². The Morgan fingerprint density at radius 1 is 1.09 bits per heavy atom. The molecule has 2 aromatic carbocycles. The lowest BCUT2D eigenvalue weighted by Crippen LogP contribution is -2.43. The van der Waals surface area contributed by atoms with Crippen LogP contribution in [-0.4, -0.2) is 36.6 Å². The maximum atomic E-state index is 12.4. The van der Waals surface area contributed by atoms with Crippen LogP contribution in [0.1, 0.15) is 55.6 Å². The Hall–Kier alpha value is -3.48. The van der Waals surface area contributed by atoms with Crippen LogP contribution in [0.5, 0.6) is 0 Å². The number of esters is 1. The lowest BCUT2D eigenvalue weighted by molar-refractivity contribution is -0.147. The number of hydrogen-bond donors (Lipinski definition) is 3. The molecule has 1 unspecified atom stereocenters. The molecule has 0 spiro atoms. The average molecular weight is 454 g/mol. The molecule has 1 atom stereocenters. The van der Waals surface area contributed by atoms with Crippen molar-refractivity contribution in [2.24, 2.45) is 5.92 Å². The van der Waals surface area contributed by atoms with Crippen molar-refractivity contribution in [1.82, 2.24) is 5.32 Å². The van der Waals surface area contributed by atoms with Gasteiger partial charge in [-0.2, -0.15) is 0 Å². The monoisotopic (exact) mass is 453 g/mol. The summed E-state index contributed by atoms with van der Waals surface area (Å²) in [6.07, 6.45) is 1.91. The SMILES string of the molecule is CC=N.CCOC(=O)C(Cc1ccc(NC(=O)c2cccc(C)c2)cc1)NC(=O)CC(C)C. The predicted molar refractivity (Wildman–Crippen MR) is 132 cm³/mol. The van der Waals surface area contributed by atoms with E-state index in [2.05, 4.69) is 10.6 Å². The third kappa shape index (κ3) is 10.6. The topological polar surface area (TPSA) is 108 Å². The highest BCUT2D eigenvalue weighted by molar-refractivity contribution is 6.04. The molecule has 2 rings (SSSR count). The molecule has 7 heteroatoms. The molecule has 3 N–H and O–H groups in total. The second-order valence-electron chi connectivity index (χ2n) is 7.98. The first-order chi connectivity index (χ1) is 15.7. The average Bonchev–Trinajstić information content (AvgIpc) is 2.74. The molecule has 0 radical (unpaired) electrons. The van der Waals surface area contributed by atoms with E-state index in [9.17, 15) is 14.4 Å². The smallest absolute Gasteiger partial charge is 0.328 e. The summed E-state index contributed by atoms with van der Waals surface area (Å²) < 4.78 is 5.11. The summed E-state index contributed by atoms with van der Waals surface area (Å²) in [6, 6.07) is 13.8. The Bertz CT molecular complexity index is 923. The van der Waals surface area contributed by atoms with Crippen LogP contribution in [0.4, 0.5) is 5.69 Å². The van der Waals surface area contributed by atoms with Gasteiger partial charge in [-0.15, -0.1) is 0 Å². The third-order valence-electron chi connectivity index (χ3n) is 4.43. The van der Waals surface area contributed by atoms with E-state index in [-0.39, 0.29) is 24.3 Å². The van der Waals surface area contributed by atoms with E-state index >= 15 is 0 Å². The highest BCUT2D eigenvalue weighted by atomic mass is 16.5. The molecule has 2 aromatic rings. The van der Waals surface area contributed by atoms with Gasteiger partial charge >= 0.3 is 5.97 Å². The summed E-state index contributed by atoms with van der Waals surface area (Å²) in [5.41, 5.74) is 3.12. The maximum Gasteiger partial charge on any atom is 0.328 e. The zero-order valence-corrected chi connectivity index (χ0v) is 20.1. The molecule has 2 amide bonds. The lowest BCUT2D eigenvalue weighted by atomic mass is 10.0. The van der Waals surface area contributed by atoms with Gasteiger partial charge in [0.15, 0.2) is 0 Å². The molecular formula is C26H35N3O4. The number of aryl methyl sites for hydroxylation is 1. The van der Waals surface area contributed by atoms with Crippen molar-refractivity contribution in [3.05, 3.63) is 65.2 Å². The Morgan fingerprint density at radius 3 is 2.27 bits per heavy atom. The van der Waals surface area contributed by atoms with Gasteiger partial charge in [-0.05, 0) is 62.7 Å². The van der Waals surface area contributed by atoms with Crippen LogP contribution in [0.3, 0.4) is 0 Å². The molecule has 0 bridgehead atoms. The first-order valence-corrected chi connectivity index (χ1v) is 11.1. The number of benzene rings is 2.